The minimum absolute atomic E-state index is 0.0976. The van der Waals surface area contributed by atoms with Gasteiger partial charge in [-0.3, -0.25) is 4.79 Å². The van der Waals surface area contributed by atoms with E-state index in [1.807, 2.05) is 31.2 Å². The summed E-state index contributed by atoms with van der Waals surface area (Å²) in [6.45, 7) is 2.20. The first-order valence-corrected chi connectivity index (χ1v) is 9.35. The molecule has 0 aromatic heterocycles. The van der Waals surface area contributed by atoms with Crippen molar-refractivity contribution in [2.75, 3.05) is 13.7 Å². The molecule has 3 nitrogen and oxygen atoms in total. The van der Waals surface area contributed by atoms with Gasteiger partial charge >= 0.3 is 0 Å². The highest BCUT2D eigenvalue weighted by atomic mass is 32.2. The molecule has 2 aromatic carbocycles. The molecular weight excluding hydrogens is 356 g/mol. The van der Waals surface area contributed by atoms with Gasteiger partial charge in [-0.2, -0.15) is 0 Å². The van der Waals surface area contributed by atoms with Gasteiger partial charge in [0.15, 0.2) is 0 Å². The van der Waals surface area contributed by atoms with E-state index >= 15 is 0 Å². The zero-order valence-corrected chi connectivity index (χ0v) is 15.5. The van der Waals surface area contributed by atoms with Crippen LogP contribution in [-0.2, 0) is 10.2 Å². The number of methoxy groups -OCH3 is 1. The number of benzene rings is 2. The molecule has 1 aliphatic carbocycles. The van der Waals surface area contributed by atoms with E-state index in [0.717, 1.165) is 29.6 Å². The summed E-state index contributed by atoms with van der Waals surface area (Å²) in [5.74, 6) is -0.462. The van der Waals surface area contributed by atoms with Crippen LogP contribution in [0.4, 0.5) is 8.78 Å². The van der Waals surface area contributed by atoms with Crippen molar-refractivity contribution in [3.8, 4) is 5.75 Å². The van der Waals surface area contributed by atoms with Crippen LogP contribution in [0.1, 0.15) is 25.3 Å². The first-order chi connectivity index (χ1) is 12.4. The van der Waals surface area contributed by atoms with Crippen LogP contribution in [0.3, 0.4) is 0 Å². The Labute approximate surface area is 156 Å². The second-order valence-corrected chi connectivity index (χ2v) is 7.97. The molecule has 6 heteroatoms. The molecule has 1 amide bonds. The molecule has 0 heterocycles. The van der Waals surface area contributed by atoms with Crippen molar-refractivity contribution in [2.24, 2.45) is 0 Å². The van der Waals surface area contributed by atoms with E-state index in [0.29, 0.717) is 12.1 Å². The van der Waals surface area contributed by atoms with Gasteiger partial charge in [-0.15, -0.1) is 11.8 Å². The van der Waals surface area contributed by atoms with Gasteiger partial charge in [0, 0.05) is 22.9 Å². The van der Waals surface area contributed by atoms with Gasteiger partial charge in [-0.25, -0.2) is 8.78 Å². The van der Waals surface area contributed by atoms with E-state index in [-0.39, 0.29) is 11.2 Å². The van der Waals surface area contributed by atoms with Crippen LogP contribution in [0.5, 0.6) is 5.75 Å². The molecule has 26 heavy (non-hydrogen) atoms. The lowest BCUT2D eigenvalue weighted by Gasteiger charge is -2.19. The Morgan fingerprint density at radius 1 is 1.23 bits per heavy atom. The number of halogens is 2. The van der Waals surface area contributed by atoms with E-state index in [2.05, 4.69) is 5.32 Å². The molecule has 0 saturated heterocycles. The zero-order valence-electron chi connectivity index (χ0n) is 14.7. The Kier molecular flexibility index (Phi) is 5.51. The second-order valence-electron chi connectivity index (χ2n) is 6.56. The molecule has 0 aliphatic heterocycles. The highest BCUT2D eigenvalue weighted by Crippen LogP contribution is 2.48. The van der Waals surface area contributed by atoms with Gasteiger partial charge in [0.25, 0.3) is 0 Å². The third-order valence-corrected chi connectivity index (χ3v) is 5.81. The van der Waals surface area contributed by atoms with Crippen LogP contribution in [-0.4, -0.2) is 24.8 Å². The number of rotatable bonds is 7. The monoisotopic (exact) mass is 377 g/mol. The SMILES string of the molecule is COc1ccc(S[C@@H](C)C(=O)NCC2(c3ccc(F)cc3F)CC2)cc1. The largest absolute Gasteiger partial charge is 0.497 e. The summed E-state index contributed by atoms with van der Waals surface area (Å²) in [4.78, 5) is 13.4. The van der Waals surface area contributed by atoms with Gasteiger partial charge in [0.05, 0.1) is 12.4 Å². The van der Waals surface area contributed by atoms with Gasteiger partial charge in [-0.1, -0.05) is 6.07 Å². The number of hydrogen-bond acceptors (Lipinski definition) is 3. The molecule has 2 aromatic rings. The van der Waals surface area contributed by atoms with Crippen molar-refractivity contribution < 1.29 is 18.3 Å². The van der Waals surface area contributed by atoms with E-state index in [1.165, 1.54) is 23.9 Å². The first-order valence-electron chi connectivity index (χ1n) is 8.47. The third-order valence-electron chi connectivity index (χ3n) is 4.70. The second kappa shape index (κ2) is 7.66. The number of hydrogen-bond donors (Lipinski definition) is 1. The fraction of sp³-hybridized carbons (Fsp3) is 0.350. The number of ether oxygens (including phenoxy) is 1. The van der Waals surface area contributed by atoms with Crippen molar-refractivity contribution in [3.63, 3.8) is 0 Å². The van der Waals surface area contributed by atoms with E-state index in [1.54, 1.807) is 7.11 Å². The fourth-order valence-electron chi connectivity index (χ4n) is 2.92. The van der Waals surface area contributed by atoms with Crippen LogP contribution in [0.25, 0.3) is 0 Å². The molecule has 1 atom stereocenters. The summed E-state index contributed by atoms with van der Waals surface area (Å²) in [7, 11) is 1.61. The van der Waals surface area contributed by atoms with Crippen LogP contribution in [0.2, 0.25) is 0 Å². The number of thioether (sulfide) groups is 1. The van der Waals surface area contributed by atoms with Gasteiger partial charge < -0.3 is 10.1 Å². The normalized spacial score (nSPS) is 16.0. The highest BCUT2D eigenvalue weighted by Gasteiger charge is 2.46. The molecule has 138 valence electrons. The minimum atomic E-state index is -0.587. The average Bonchev–Trinajstić information content (AvgIpc) is 3.41. The Bertz CT molecular complexity index is 791. The van der Waals surface area contributed by atoms with E-state index in [9.17, 15) is 13.6 Å². The number of carbonyl (C=O) groups excluding carboxylic acids is 1. The Morgan fingerprint density at radius 3 is 2.50 bits per heavy atom. The van der Waals surface area contributed by atoms with Crippen LogP contribution >= 0.6 is 11.8 Å². The molecule has 0 spiro atoms. The highest BCUT2D eigenvalue weighted by molar-refractivity contribution is 8.00. The lowest BCUT2D eigenvalue weighted by Crippen LogP contribution is -2.37. The predicted molar refractivity (Wildman–Crippen MR) is 98.6 cm³/mol. The maximum atomic E-state index is 14.1. The lowest BCUT2D eigenvalue weighted by atomic mass is 9.95. The van der Waals surface area contributed by atoms with Gasteiger partial charge in [-0.05, 0) is 55.7 Å². The number of amides is 1. The number of carbonyl (C=O) groups is 1. The van der Waals surface area contributed by atoms with E-state index < -0.39 is 17.0 Å². The molecule has 1 N–H and O–H groups in total. The smallest absolute Gasteiger partial charge is 0.233 e. The topological polar surface area (TPSA) is 38.3 Å². The maximum absolute atomic E-state index is 14.1. The van der Waals surface area contributed by atoms with Crippen LogP contribution in [0, 0.1) is 11.6 Å². The third kappa shape index (κ3) is 4.18. The number of nitrogens with one attached hydrogen (secondary N) is 1. The van der Waals surface area contributed by atoms with E-state index in [4.69, 9.17) is 4.74 Å². The summed E-state index contributed by atoms with van der Waals surface area (Å²) < 4.78 is 32.3. The molecule has 1 fully saturated rings. The van der Waals surface area contributed by atoms with Crippen molar-refractivity contribution in [1.29, 1.82) is 0 Å². The Morgan fingerprint density at radius 2 is 1.92 bits per heavy atom. The van der Waals surface area contributed by atoms with Gasteiger partial charge in [0.1, 0.15) is 17.4 Å². The van der Waals surface area contributed by atoms with Gasteiger partial charge in [0.2, 0.25) is 5.91 Å². The maximum Gasteiger partial charge on any atom is 0.233 e. The first kappa shape index (κ1) is 18.7. The Hall–Kier alpha value is -2.08. The minimum Gasteiger partial charge on any atom is -0.497 e. The van der Waals surface area contributed by atoms with Crippen molar-refractivity contribution in [3.05, 3.63) is 59.7 Å². The molecule has 0 bridgehead atoms. The molecule has 3 rings (SSSR count). The van der Waals surface area contributed by atoms with Crippen LogP contribution in [0.15, 0.2) is 47.4 Å². The zero-order chi connectivity index (χ0) is 18.7. The molecular formula is C20H21F2NO2S. The molecule has 0 radical (unpaired) electrons. The van der Waals surface area contributed by atoms with Crippen molar-refractivity contribution in [2.45, 2.75) is 35.3 Å². The molecule has 1 saturated carbocycles. The van der Waals surface area contributed by atoms with Crippen molar-refractivity contribution >= 4 is 17.7 Å². The summed E-state index contributed by atoms with van der Waals surface area (Å²) in [5.41, 5.74) is 0.0763. The summed E-state index contributed by atoms with van der Waals surface area (Å²) in [5, 5.41) is 2.64. The Balaban J connectivity index is 1.57. The quantitative estimate of drug-likeness (QED) is 0.731. The standard InChI is InChI=1S/C20H21F2NO2S/c1-13(26-16-6-4-15(25-2)5-7-16)19(24)23-12-20(9-10-20)17-8-3-14(21)11-18(17)22/h3-8,11,13H,9-10,12H2,1-2H3,(H,23,24)/t13-/m0/s1. The molecule has 1 aliphatic rings. The average molecular weight is 377 g/mol. The van der Waals surface area contributed by atoms with Crippen molar-refractivity contribution in [1.82, 2.24) is 5.32 Å². The lowest BCUT2D eigenvalue weighted by molar-refractivity contribution is -0.120. The summed E-state index contributed by atoms with van der Waals surface area (Å²) in [6.07, 6.45) is 1.58. The predicted octanol–water partition coefficient (Wildman–Crippen LogP) is 4.30. The van der Waals surface area contributed by atoms with Crippen LogP contribution < -0.4 is 10.1 Å². The summed E-state index contributed by atoms with van der Waals surface area (Å²) in [6, 6.07) is 11.2. The molecule has 0 unspecified atom stereocenters. The fourth-order valence-corrected chi connectivity index (χ4v) is 3.82. The summed E-state index contributed by atoms with van der Waals surface area (Å²) >= 11 is 1.45.